The summed E-state index contributed by atoms with van der Waals surface area (Å²) >= 11 is 5.70. The molecular weight excluding hydrogens is 274 g/mol. The minimum absolute atomic E-state index is 0.0201. The summed E-state index contributed by atoms with van der Waals surface area (Å²) in [6, 6.07) is 6.62. The van der Waals surface area contributed by atoms with Crippen LogP contribution in [0.2, 0.25) is 0 Å². The third-order valence-electron chi connectivity index (χ3n) is 2.61. The van der Waals surface area contributed by atoms with Gasteiger partial charge >= 0.3 is 0 Å². The molecule has 1 aromatic carbocycles. The SMILES string of the molecule is CCN(CCCO)S(=O)(=O)c1cccc(CCl)c1. The van der Waals surface area contributed by atoms with Crippen molar-refractivity contribution in [2.75, 3.05) is 19.7 Å². The van der Waals surface area contributed by atoms with Gasteiger partial charge in [-0.2, -0.15) is 4.31 Å². The molecule has 0 aromatic heterocycles. The van der Waals surface area contributed by atoms with Gasteiger partial charge in [-0.3, -0.25) is 0 Å². The van der Waals surface area contributed by atoms with Crippen LogP contribution in [0.5, 0.6) is 0 Å². The zero-order valence-electron chi connectivity index (χ0n) is 10.3. The normalized spacial score (nSPS) is 12.0. The number of hydrogen-bond donors (Lipinski definition) is 1. The van der Waals surface area contributed by atoms with Gasteiger partial charge < -0.3 is 5.11 Å². The van der Waals surface area contributed by atoms with Crippen LogP contribution in [0.1, 0.15) is 18.9 Å². The fourth-order valence-electron chi connectivity index (χ4n) is 1.63. The summed E-state index contributed by atoms with van der Waals surface area (Å²) in [4.78, 5) is 0.250. The summed E-state index contributed by atoms with van der Waals surface area (Å²) in [5.41, 5.74) is 0.774. The molecule has 0 aliphatic rings. The van der Waals surface area contributed by atoms with Gasteiger partial charge in [0.1, 0.15) is 0 Å². The summed E-state index contributed by atoms with van der Waals surface area (Å²) in [7, 11) is -3.49. The molecule has 0 fully saturated rings. The number of alkyl halides is 1. The third-order valence-corrected chi connectivity index (χ3v) is 4.89. The Labute approximate surface area is 113 Å². The molecular formula is C12H18ClNO3S. The molecule has 0 saturated carbocycles. The quantitative estimate of drug-likeness (QED) is 0.780. The van der Waals surface area contributed by atoms with E-state index in [-0.39, 0.29) is 17.4 Å². The Morgan fingerprint density at radius 2 is 2.11 bits per heavy atom. The lowest BCUT2D eigenvalue weighted by molar-refractivity contribution is 0.271. The van der Waals surface area contributed by atoms with Crippen molar-refractivity contribution < 1.29 is 13.5 Å². The molecule has 0 aliphatic heterocycles. The maximum atomic E-state index is 12.3. The third kappa shape index (κ3) is 3.68. The van der Waals surface area contributed by atoms with E-state index in [2.05, 4.69) is 0 Å². The zero-order chi connectivity index (χ0) is 13.6. The van der Waals surface area contributed by atoms with E-state index in [1.807, 2.05) is 0 Å². The van der Waals surface area contributed by atoms with Crippen LogP contribution in [-0.4, -0.2) is 37.5 Å². The number of benzene rings is 1. The average Bonchev–Trinajstić information content (AvgIpc) is 2.39. The van der Waals surface area contributed by atoms with Crippen molar-refractivity contribution in [3.05, 3.63) is 29.8 Å². The molecule has 0 radical (unpaired) electrons. The molecule has 0 unspecified atom stereocenters. The fraction of sp³-hybridized carbons (Fsp3) is 0.500. The standard InChI is InChI=1S/C12H18ClNO3S/c1-2-14(7-4-8-15)18(16,17)12-6-3-5-11(9-12)10-13/h3,5-6,9,15H,2,4,7-8,10H2,1H3. The fourth-order valence-corrected chi connectivity index (χ4v) is 3.36. The largest absolute Gasteiger partial charge is 0.396 e. The topological polar surface area (TPSA) is 57.6 Å². The first-order valence-electron chi connectivity index (χ1n) is 5.82. The molecule has 1 aromatic rings. The second kappa shape index (κ2) is 7.09. The van der Waals surface area contributed by atoms with Crippen molar-refractivity contribution in [2.45, 2.75) is 24.1 Å². The van der Waals surface area contributed by atoms with Crippen LogP contribution in [-0.2, 0) is 15.9 Å². The molecule has 0 saturated heterocycles. The van der Waals surface area contributed by atoms with Crippen LogP contribution in [0, 0.1) is 0 Å². The Morgan fingerprint density at radius 3 is 2.67 bits per heavy atom. The molecule has 0 atom stereocenters. The number of halogens is 1. The van der Waals surface area contributed by atoms with Crippen LogP contribution >= 0.6 is 11.6 Å². The summed E-state index contributed by atoms with van der Waals surface area (Å²) in [6.45, 7) is 2.46. The van der Waals surface area contributed by atoms with Crippen LogP contribution in [0.15, 0.2) is 29.2 Å². The van der Waals surface area contributed by atoms with E-state index in [1.165, 1.54) is 4.31 Å². The highest BCUT2D eigenvalue weighted by Gasteiger charge is 2.22. The van der Waals surface area contributed by atoms with E-state index in [1.54, 1.807) is 31.2 Å². The smallest absolute Gasteiger partial charge is 0.243 e. The first kappa shape index (κ1) is 15.4. The van der Waals surface area contributed by atoms with Gasteiger partial charge in [0.15, 0.2) is 0 Å². The van der Waals surface area contributed by atoms with E-state index in [4.69, 9.17) is 16.7 Å². The average molecular weight is 292 g/mol. The monoisotopic (exact) mass is 291 g/mol. The highest BCUT2D eigenvalue weighted by Crippen LogP contribution is 2.18. The molecule has 1 N–H and O–H groups in total. The molecule has 0 amide bonds. The minimum atomic E-state index is -3.49. The van der Waals surface area contributed by atoms with E-state index in [0.29, 0.717) is 19.5 Å². The molecule has 102 valence electrons. The van der Waals surface area contributed by atoms with Crippen LogP contribution in [0.3, 0.4) is 0 Å². The number of rotatable bonds is 7. The van der Waals surface area contributed by atoms with Crippen LogP contribution in [0.25, 0.3) is 0 Å². The summed E-state index contributed by atoms with van der Waals surface area (Å²) in [5, 5.41) is 8.79. The maximum absolute atomic E-state index is 12.3. The second-order valence-corrected chi connectivity index (χ2v) is 6.06. The van der Waals surface area contributed by atoms with E-state index < -0.39 is 10.0 Å². The van der Waals surface area contributed by atoms with Crippen LogP contribution in [0.4, 0.5) is 0 Å². The molecule has 0 heterocycles. The molecule has 0 spiro atoms. The number of aliphatic hydroxyl groups excluding tert-OH is 1. The molecule has 18 heavy (non-hydrogen) atoms. The number of sulfonamides is 1. The van der Waals surface area contributed by atoms with Crippen molar-refractivity contribution in [1.82, 2.24) is 4.31 Å². The molecule has 4 nitrogen and oxygen atoms in total. The summed E-state index contributed by atoms with van der Waals surface area (Å²) < 4.78 is 26.0. The van der Waals surface area contributed by atoms with Gasteiger partial charge in [0, 0.05) is 25.6 Å². The van der Waals surface area contributed by atoms with Crippen molar-refractivity contribution in [3.8, 4) is 0 Å². The maximum Gasteiger partial charge on any atom is 0.243 e. The first-order valence-corrected chi connectivity index (χ1v) is 7.79. The van der Waals surface area contributed by atoms with Gasteiger partial charge in [-0.25, -0.2) is 8.42 Å². The molecule has 6 heteroatoms. The van der Waals surface area contributed by atoms with Gasteiger partial charge in [0.2, 0.25) is 10.0 Å². The van der Waals surface area contributed by atoms with E-state index in [9.17, 15) is 8.42 Å². The highest BCUT2D eigenvalue weighted by molar-refractivity contribution is 7.89. The van der Waals surface area contributed by atoms with Gasteiger partial charge in [-0.15, -0.1) is 11.6 Å². The van der Waals surface area contributed by atoms with E-state index >= 15 is 0 Å². The predicted octanol–water partition coefficient (Wildman–Crippen LogP) is 1.82. The molecule has 0 bridgehead atoms. The Balaban J connectivity index is 3.02. The number of nitrogens with zero attached hydrogens (tertiary/aromatic N) is 1. The first-order chi connectivity index (χ1) is 8.56. The molecule has 0 aliphatic carbocycles. The highest BCUT2D eigenvalue weighted by atomic mass is 35.5. The lowest BCUT2D eigenvalue weighted by Gasteiger charge is -2.20. The van der Waals surface area contributed by atoms with E-state index in [0.717, 1.165) is 5.56 Å². The van der Waals surface area contributed by atoms with Gasteiger partial charge in [-0.05, 0) is 24.1 Å². The Hall–Kier alpha value is -0.620. The molecule has 1 rings (SSSR count). The summed E-state index contributed by atoms with van der Waals surface area (Å²) in [5.74, 6) is 0.284. The number of hydrogen-bond acceptors (Lipinski definition) is 3. The van der Waals surface area contributed by atoms with Gasteiger partial charge in [0.05, 0.1) is 4.90 Å². The Bertz CT molecular complexity index is 476. The Morgan fingerprint density at radius 1 is 1.39 bits per heavy atom. The minimum Gasteiger partial charge on any atom is -0.396 e. The number of aliphatic hydroxyl groups is 1. The lowest BCUT2D eigenvalue weighted by atomic mass is 10.2. The zero-order valence-corrected chi connectivity index (χ0v) is 11.9. The summed E-state index contributed by atoms with van der Waals surface area (Å²) in [6.07, 6.45) is 0.433. The van der Waals surface area contributed by atoms with Crippen molar-refractivity contribution in [2.24, 2.45) is 0 Å². The van der Waals surface area contributed by atoms with Crippen LogP contribution < -0.4 is 0 Å². The lowest BCUT2D eigenvalue weighted by Crippen LogP contribution is -2.32. The van der Waals surface area contributed by atoms with Crippen molar-refractivity contribution in [3.63, 3.8) is 0 Å². The second-order valence-electron chi connectivity index (χ2n) is 3.85. The predicted molar refractivity (Wildman–Crippen MR) is 72.1 cm³/mol. The Kier molecular flexibility index (Phi) is 6.08. The van der Waals surface area contributed by atoms with Crippen molar-refractivity contribution >= 4 is 21.6 Å². The van der Waals surface area contributed by atoms with Gasteiger partial charge in [-0.1, -0.05) is 19.1 Å². The van der Waals surface area contributed by atoms with Gasteiger partial charge in [0.25, 0.3) is 0 Å². The van der Waals surface area contributed by atoms with Crippen molar-refractivity contribution in [1.29, 1.82) is 0 Å².